The van der Waals surface area contributed by atoms with Crippen molar-refractivity contribution in [1.82, 2.24) is 5.32 Å². The van der Waals surface area contributed by atoms with Gasteiger partial charge in [0.05, 0.1) is 15.8 Å². The average Bonchev–Trinajstić information content (AvgIpc) is 3.12. The first kappa shape index (κ1) is 13.0. The van der Waals surface area contributed by atoms with E-state index in [1.807, 2.05) is 0 Å². The molecular formula is C12H15ClFNOS. The van der Waals surface area contributed by atoms with Crippen LogP contribution < -0.4 is 5.32 Å². The van der Waals surface area contributed by atoms with Crippen molar-refractivity contribution in [2.75, 3.05) is 12.3 Å². The summed E-state index contributed by atoms with van der Waals surface area (Å²) < 4.78 is 24.8. The molecule has 2 nitrogen and oxygen atoms in total. The lowest BCUT2D eigenvalue weighted by Crippen LogP contribution is -2.19. The predicted molar refractivity (Wildman–Crippen MR) is 68.3 cm³/mol. The quantitative estimate of drug-likeness (QED) is 0.809. The summed E-state index contributed by atoms with van der Waals surface area (Å²) in [4.78, 5) is 0.600. The molecule has 0 aromatic heterocycles. The summed E-state index contributed by atoms with van der Waals surface area (Å²) in [6.07, 6.45) is 3.38. The molecule has 17 heavy (non-hydrogen) atoms. The van der Waals surface area contributed by atoms with Gasteiger partial charge in [0.2, 0.25) is 0 Å². The predicted octanol–water partition coefficient (Wildman–Crippen LogP) is 2.73. The maximum Gasteiger partial charge on any atom is 0.141 e. The molecule has 0 spiro atoms. The molecule has 1 saturated carbocycles. The Balaban J connectivity index is 1.79. The third-order valence-electron chi connectivity index (χ3n) is 2.67. The van der Waals surface area contributed by atoms with E-state index in [4.69, 9.17) is 11.6 Å². The lowest BCUT2D eigenvalue weighted by molar-refractivity contribution is 0.626. The van der Waals surface area contributed by atoms with Crippen LogP contribution in [0.15, 0.2) is 23.1 Å². The molecule has 1 aromatic rings. The molecule has 0 saturated heterocycles. The second-order valence-electron chi connectivity index (χ2n) is 4.21. The zero-order valence-electron chi connectivity index (χ0n) is 9.42. The van der Waals surface area contributed by atoms with Crippen LogP contribution in [0.3, 0.4) is 0 Å². The number of hydrogen-bond donors (Lipinski definition) is 1. The molecule has 0 heterocycles. The smallest absolute Gasteiger partial charge is 0.141 e. The van der Waals surface area contributed by atoms with E-state index in [-0.39, 0.29) is 5.02 Å². The first-order valence-corrected chi connectivity index (χ1v) is 7.43. The number of benzene rings is 1. The van der Waals surface area contributed by atoms with Crippen LogP contribution in [0.1, 0.15) is 19.3 Å². The molecule has 1 aliphatic carbocycles. The van der Waals surface area contributed by atoms with Crippen molar-refractivity contribution in [2.45, 2.75) is 30.2 Å². The van der Waals surface area contributed by atoms with Gasteiger partial charge in [0, 0.05) is 16.7 Å². The van der Waals surface area contributed by atoms with E-state index >= 15 is 0 Å². The topological polar surface area (TPSA) is 29.1 Å². The van der Waals surface area contributed by atoms with Gasteiger partial charge >= 0.3 is 0 Å². The number of rotatable bonds is 6. The van der Waals surface area contributed by atoms with Crippen LogP contribution in [-0.4, -0.2) is 22.5 Å². The van der Waals surface area contributed by atoms with Gasteiger partial charge in [0.1, 0.15) is 5.82 Å². The van der Waals surface area contributed by atoms with Gasteiger partial charge in [0.25, 0.3) is 0 Å². The fourth-order valence-electron chi connectivity index (χ4n) is 1.53. The van der Waals surface area contributed by atoms with Gasteiger partial charge in [0.15, 0.2) is 0 Å². The van der Waals surface area contributed by atoms with E-state index in [0.29, 0.717) is 16.7 Å². The monoisotopic (exact) mass is 275 g/mol. The van der Waals surface area contributed by atoms with Crippen molar-refractivity contribution in [1.29, 1.82) is 0 Å². The number of nitrogens with one attached hydrogen (secondary N) is 1. The van der Waals surface area contributed by atoms with E-state index < -0.39 is 16.6 Å². The summed E-state index contributed by atoms with van der Waals surface area (Å²) in [5.74, 6) is 0.115. The van der Waals surface area contributed by atoms with Crippen molar-refractivity contribution in [3.8, 4) is 0 Å². The van der Waals surface area contributed by atoms with Crippen LogP contribution in [0, 0.1) is 5.82 Å². The Bertz CT molecular complexity index is 423. The van der Waals surface area contributed by atoms with Gasteiger partial charge in [-0.15, -0.1) is 0 Å². The lowest BCUT2D eigenvalue weighted by Gasteiger charge is -2.04. The molecule has 1 unspecified atom stereocenters. The third-order valence-corrected chi connectivity index (χ3v) is 4.40. The second-order valence-corrected chi connectivity index (χ2v) is 6.19. The zero-order valence-corrected chi connectivity index (χ0v) is 11.0. The van der Waals surface area contributed by atoms with Gasteiger partial charge in [-0.2, -0.15) is 0 Å². The zero-order chi connectivity index (χ0) is 12.3. The van der Waals surface area contributed by atoms with Crippen molar-refractivity contribution in [2.24, 2.45) is 0 Å². The van der Waals surface area contributed by atoms with Crippen LogP contribution in [-0.2, 0) is 10.8 Å². The average molecular weight is 276 g/mol. The highest BCUT2D eigenvalue weighted by Gasteiger charge is 2.19. The molecule has 1 atom stereocenters. The highest BCUT2D eigenvalue weighted by atomic mass is 35.5. The minimum absolute atomic E-state index is 0.0342. The van der Waals surface area contributed by atoms with Gasteiger partial charge in [-0.25, -0.2) is 4.39 Å². The van der Waals surface area contributed by atoms with Gasteiger partial charge in [-0.3, -0.25) is 4.21 Å². The fourth-order valence-corrected chi connectivity index (χ4v) is 2.89. The fraction of sp³-hybridized carbons (Fsp3) is 0.500. The van der Waals surface area contributed by atoms with Crippen LogP contribution in [0.25, 0.3) is 0 Å². The SMILES string of the molecule is O=S(CCCNC1CC1)c1ccc(F)c(Cl)c1. The molecule has 0 aliphatic heterocycles. The Morgan fingerprint density at radius 2 is 2.24 bits per heavy atom. The third kappa shape index (κ3) is 4.05. The lowest BCUT2D eigenvalue weighted by atomic mass is 10.3. The van der Waals surface area contributed by atoms with Gasteiger partial charge in [-0.1, -0.05) is 11.6 Å². The molecule has 0 amide bonds. The van der Waals surface area contributed by atoms with Crippen molar-refractivity contribution >= 4 is 22.4 Å². The molecule has 94 valence electrons. The van der Waals surface area contributed by atoms with E-state index in [2.05, 4.69) is 5.32 Å². The molecule has 1 N–H and O–H groups in total. The molecule has 1 fully saturated rings. The first-order valence-electron chi connectivity index (χ1n) is 5.73. The Morgan fingerprint density at radius 3 is 2.88 bits per heavy atom. The highest BCUT2D eigenvalue weighted by molar-refractivity contribution is 7.85. The van der Waals surface area contributed by atoms with Crippen LogP contribution in [0.5, 0.6) is 0 Å². The van der Waals surface area contributed by atoms with E-state index in [1.165, 1.54) is 31.0 Å². The molecule has 0 bridgehead atoms. The molecule has 5 heteroatoms. The van der Waals surface area contributed by atoms with Crippen molar-refractivity contribution < 1.29 is 8.60 Å². The standard InChI is InChI=1S/C12H15ClFNOS/c13-11-8-10(4-5-12(11)14)17(16)7-1-6-15-9-2-3-9/h4-5,8-9,15H,1-3,6-7H2. The van der Waals surface area contributed by atoms with Crippen molar-refractivity contribution in [3.05, 3.63) is 29.0 Å². The largest absolute Gasteiger partial charge is 0.314 e. The van der Waals surface area contributed by atoms with Gasteiger partial charge < -0.3 is 5.32 Å². The molecular weight excluding hydrogens is 261 g/mol. The summed E-state index contributed by atoms with van der Waals surface area (Å²) in [6.45, 7) is 0.894. The van der Waals surface area contributed by atoms with Crippen LogP contribution >= 0.6 is 11.6 Å². The maximum absolute atomic E-state index is 12.9. The Kier molecular flexibility index (Phi) is 4.54. The summed E-state index contributed by atoms with van der Waals surface area (Å²) >= 11 is 5.65. The number of halogens is 2. The van der Waals surface area contributed by atoms with E-state index in [1.54, 1.807) is 0 Å². The van der Waals surface area contributed by atoms with Gasteiger partial charge in [-0.05, 0) is 44.0 Å². The van der Waals surface area contributed by atoms with E-state index in [0.717, 1.165) is 13.0 Å². The summed E-state index contributed by atoms with van der Waals surface area (Å²) in [5.41, 5.74) is 0. The second kappa shape index (κ2) is 5.94. The van der Waals surface area contributed by atoms with Crippen molar-refractivity contribution in [3.63, 3.8) is 0 Å². The molecule has 1 aromatic carbocycles. The minimum atomic E-state index is -1.09. The minimum Gasteiger partial charge on any atom is -0.314 e. The Morgan fingerprint density at radius 1 is 1.47 bits per heavy atom. The first-order chi connectivity index (χ1) is 8.16. The molecule has 1 aliphatic rings. The molecule has 2 rings (SSSR count). The Labute approximate surface area is 108 Å². The Hall–Kier alpha value is -0.450. The van der Waals surface area contributed by atoms with E-state index in [9.17, 15) is 8.60 Å². The maximum atomic E-state index is 12.9. The van der Waals surface area contributed by atoms with Crippen LogP contribution in [0.4, 0.5) is 4.39 Å². The number of hydrogen-bond acceptors (Lipinski definition) is 2. The normalized spacial score (nSPS) is 17.1. The summed E-state index contributed by atoms with van der Waals surface area (Å²) in [7, 11) is -1.09. The highest BCUT2D eigenvalue weighted by Crippen LogP contribution is 2.19. The summed E-state index contributed by atoms with van der Waals surface area (Å²) in [6, 6.07) is 4.93. The molecule has 0 radical (unpaired) electrons. The van der Waals surface area contributed by atoms with Crippen LogP contribution in [0.2, 0.25) is 5.02 Å². The summed E-state index contributed by atoms with van der Waals surface area (Å²) in [5, 5.41) is 3.40.